The van der Waals surface area contributed by atoms with Crippen LogP contribution in [0.1, 0.15) is 30.0 Å². The van der Waals surface area contributed by atoms with E-state index in [-0.39, 0.29) is 17.6 Å². The van der Waals surface area contributed by atoms with Crippen LogP contribution in [-0.4, -0.2) is 48.5 Å². The molecular formula is C25H28FN3O3. The first kappa shape index (κ1) is 22.0. The van der Waals surface area contributed by atoms with Crippen LogP contribution in [0.4, 0.5) is 4.39 Å². The number of nitrogens with one attached hydrogen (secondary N) is 2. The predicted octanol–water partition coefficient (Wildman–Crippen LogP) is 3.59. The number of rotatable bonds is 8. The van der Waals surface area contributed by atoms with Crippen molar-refractivity contribution in [3.63, 3.8) is 0 Å². The molecule has 1 saturated heterocycles. The molecule has 1 fully saturated rings. The lowest BCUT2D eigenvalue weighted by atomic mass is 9.83. The molecule has 1 aliphatic rings. The summed E-state index contributed by atoms with van der Waals surface area (Å²) >= 11 is 0. The zero-order valence-corrected chi connectivity index (χ0v) is 18.1. The Bertz CT molecular complexity index is 1080. The van der Waals surface area contributed by atoms with E-state index < -0.39 is 12.0 Å². The second-order valence-electron chi connectivity index (χ2n) is 8.12. The first-order valence-electron chi connectivity index (χ1n) is 10.9. The Morgan fingerprint density at radius 3 is 2.78 bits per heavy atom. The Balaban J connectivity index is 1.49. The molecule has 0 radical (unpaired) electrons. The number of ether oxygens (including phenoxy) is 1. The molecule has 0 bridgehead atoms. The number of benzene rings is 2. The molecule has 6 nitrogen and oxygen atoms in total. The van der Waals surface area contributed by atoms with Crippen LogP contribution < -0.4 is 5.32 Å². The van der Waals surface area contributed by atoms with Crippen molar-refractivity contribution in [2.24, 2.45) is 5.92 Å². The highest BCUT2D eigenvalue weighted by atomic mass is 19.1. The molecule has 1 aliphatic heterocycles. The van der Waals surface area contributed by atoms with Crippen LogP contribution in [0.2, 0.25) is 0 Å². The third-order valence-electron chi connectivity index (χ3n) is 6.16. The molecule has 32 heavy (non-hydrogen) atoms. The summed E-state index contributed by atoms with van der Waals surface area (Å²) in [6.07, 6.45) is 3.45. The van der Waals surface area contributed by atoms with E-state index in [1.165, 1.54) is 12.1 Å². The molecule has 2 aromatic carbocycles. The largest absolute Gasteiger partial charge is 0.383 e. The van der Waals surface area contributed by atoms with Crippen molar-refractivity contribution in [3.8, 4) is 0 Å². The smallest absolute Gasteiger partial charge is 0.225 e. The van der Waals surface area contributed by atoms with Crippen molar-refractivity contribution in [2.45, 2.75) is 25.3 Å². The molecule has 3 aromatic rings. The van der Waals surface area contributed by atoms with Crippen LogP contribution >= 0.6 is 0 Å². The number of methoxy groups -OCH3 is 1. The second-order valence-corrected chi connectivity index (χ2v) is 8.12. The number of aromatic nitrogens is 1. The van der Waals surface area contributed by atoms with Gasteiger partial charge in [0.1, 0.15) is 5.82 Å². The Morgan fingerprint density at radius 1 is 1.22 bits per heavy atom. The van der Waals surface area contributed by atoms with Crippen LogP contribution in [0.3, 0.4) is 0 Å². The lowest BCUT2D eigenvalue weighted by Gasteiger charge is -2.40. The number of H-pyrrole nitrogens is 1. The molecule has 168 valence electrons. The summed E-state index contributed by atoms with van der Waals surface area (Å²) in [4.78, 5) is 30.8. The number of likely N-dealkylation sites (tertiary alicyclic amines) is 1. The number of carbonyl (C=O) groups excluding carboxylic acids is 2. The Labute approximate surface area is 186 Å². The first-order chi connectivity index (χ1) is 15.6. The third-order valence-corrected chi connectivity index (χ3v) is 6.16. The molecule has 1 aromatic heterocycles. The van der Waals surface area contributed by atoms with E-state index in [1.807, 2.05) is 24.4 Å². The summed E-state index contributed by atoms with van der Waals surface area (Å²) in [7, 11) is 1.58. The predicted molar refractivity (Wildman–Crippen MR) is 120 cm³/mol. The maximum Gasteiger partial charge on any atom is 0.225 e. The van der Waals surface area contributed by atoms with Gasteiger partial charge in [0, 0.05) is 43.7 Å². The summed E-state index contributed by atoms with van der Waals surface area (Å²) in [5.74, 6) is -0.856. The minimum Gasteiger partial charge on any atom is -0.383 e. The van der Waals surface area contributed by atoms with E-state index in [4.69, 9.17) is 4.74 Å². The Hall–Kier alpha value is -3.19. The van der Waals surface area contributed by atoms with Gasteiger partial charge in [0.2, 0.25) is 11.8 Å². The van der Waals surface area contributed by atoms with Crippen LogP contribution in [0, 0.1) is 11.7 Å². The number of hydrogen-bond donors (Lipinski definition) is 2. The average Bonchev–Trinajstić information content (AvgIpc) is 3.22. The van der Waals surface area contributed by atoms with Crippen LogP contribution in [0.25, 0.3) is 10.9 Å². The number of aromatic amines is 1. The SMILES string of the molecule is COCCN1C(=O)CC[C@@H](C(=O)NCCc2c[nH]c3ccccc23)[C@@H]1c1ccc(F)cc1. The zero-order chi connectivity index (χ0) is 22.5. The van der Waals surface area contributed by atoms with Gasteiger partial charge in [-0.25, -0.2) is 4.39 Å². The number of carbonyl (C=O) groups is 2. The summed E-state index contributed by atoms with van der Waals surface area (Å²) in [5.41, 5.74) is 2.98. The van der Waals surface area contributed by atoms with Crippen molar-refractivity contribution < 1.29 is 18.7 Å². The molecule has 0 unspecified atom stereocenters. The average molecular weight is 438 g/mol. The van der Waals surface area contributed by atoms with Gasteiger partial charge in [-0.2, -0.15) is 0 Å². The van der Waals surface area contributed by atoms with E-state index in [0.29, 0.717) is 39.0 Å². The fourth-order valence-electron chi connectivity index (χ4n) is 4.54. The maximum atomic E-state index is 13.5. The lowest BCUT2D eigenvalue weighted by molar-refractivity contribution is -0.144. The van der Waals surface area contributed by atoms with Crippen molar-refractivity contribution in [2.75, 3.05) is 26.8 Å². The number of piperidine rings is 1. The van der Waals surface area contributed by atoms with Crippen molar-refractivity contribution in [1.82, 2.24) is 15.2 Å². The number of para-hydroxylation sites is 1. The highest BCUT2D eigenvalue weighted by Crippen LogP contribution is 2.37. The van der Waals surface area contributed by atoms with Gasteiger partial charge in [-0.15, -0.1) is 0 Å². The van der Waals surface area contributed by atoms with Crippen LogP contribution in [-0.2, 0) is 20.7 Å². The fraction of sp³-hybridized carbons (Fsp3) is 0.360. The van der Waals surface area contributed by atoms with Gasteiger partial charge in [0.05, 0.1) is 18.6 Å². The van der Waals surface area contributed by atoms with E-state index in [9.17, 15) is 14.0 Å². The van der Waals surface area contributed by atoms with Crippen molar-refractivity contribution in [1.29, 1.82) is 0 Å². The minimum atomic E-state index is -0.444. The van der Waals surface area contributed by atoms with E-state index >= 15 is 0 Å². The molecular weight excluding hydrogens is 409 g/mol. The van der Waals surface area contributed by atoms with E-state index in [1.54, 1.807) is 24.1 Å². The van der Waals surface area contributed by atoms with Gasteiger partial charge in [0.15, 0.2) is 0 Å². The lowest BCUT2D eigenvalue weighted by Crippen LogP contribution is -2.49. The molecule has 7 heteroatoms. The Kier molecular flexibility index (Phi) is 6.85. The molecule has 2 N–H and O–H groups in total. The summed E-state index contributed by atoms with van der Waals surface area (Å²) in [6, 6.07) is 13.7. The number of nitrogens with zero attached hydrogens (tertiary/aromatic N) is 1. The van der Waals surface area contributed by atoms with Gasteiger partial charge < -0.3 is 19.9 Å². The zero-order valence-electron chi connectivity index (χ0n) is 18.1. The second kappa shape index (κ2) is 9.96. The van der Waals surface area contributed by atoms with Crippen LogP contribution in [0.5, 0.6) is 0 Å². The minimum absolute atomic E-state index is 0.0146. The summed E-state index contributed by atoms with van der Waals surface area (Å²) in [5, 5.41) is 4.21. The maximum absolute atomic E-state index is 13.5. The summed E-state index contributed by atoms with van der Waals surface area (Å²) in [6.45, 7) is 1.26. The first-order valence-corrected chi connectivity index (χ1v) is 10.9. The Morgan fingerprint density at radius 2 is 2.00 bits per heavy atom. The summed E-state index contributed by atoms with van der Waals surface area (Å²) < 4.78 is 18.7. The molecule has 2 atom stereocenters. The van der Waals surface area contributed by atoms with Gasteiger partial charge in [-0.3, -0.25) is 9.59 Å². The highest BCUT2D eigenvalue weighted by molar-refractivity contribution is 5.85. The molecule has 0 saturated carbocycles. The van der Waals surface area contributed by atoms with E-state index in [0.717, 1.165) is 22.0 Å². The van der Waals surface area contributed by atoms with Crippen molar-refractivity contribution >= 4 is 22.7 Å². The van der Waals surface area contributed by atoms with Gasteiger partial charge in [-0.05, 0) is 42.2 Å². The van der Waals surface area contributed by atoms with Gasteiger partial charge in [-0.1, -0.05) is 30.3 Å². The van der Waals surface area contributed by atoms with Gasteiger partial charge >= 0.3 is 0 Å². The molecule has 0 aliphatic carbocycles. The molecule has 0 spiro atoms. The van der Waals surface area contributed by atoms with Crippen molar-refractivity contribution in [3.05, 3.63) is 71.7 Å². The van der Waals surface area contributed by atoms with Gasteiger partial charge in [0.25, 0.3) is 0 Å². The highest BCUT2D eigenvalue weighted by Gasteiger charge is 2.40. The number of fused-ring (bicyclic) bond motifs is 1. The topological polar surface area (TPSA) is 74.4 Å². The number of halogens is 1. The van der Waals surface area contributed by atoms with Crippen LogP contribution in [0.15, 0.2) is 54.7 Å². The third kappa shape index (κ3) is 4.67. The standard InChI is InChI=1S/C25H28FN3O3/c1-32-15-14-29-23(30)11-10-21(24(29)17-6-8-19(26)9-7-17)25(31)27-13-12-18-16-28-22-5-3-2-4-20(18)22/h2-9,16,21,24,28H,10-15H2,1H3,(H,27,31)/t21-,24+/m1/s1. The normalized spacial score (nSPS) is 18.8. The number of hydrogen-bond acceptors (Lipinski definition) is 3. The molecule has 2 heterocycles. The molecule has 2 amide bonds. The number of amides is 2. The molecule has 4 rings (SSSR count). The quantitative estimate of drug-likeness (QED) is 0.566. The van der Waals surface area contributed by atoms with E-state index in [2.05, 4.69) is 16.4 Å². The monoisotopic (exact) mass is 437 g/mol. The fourth-order valence-corrected chi connectivity index (χ4v) is 4.54.